The Hall–Kier alpha value is -1.10. The molecule has 6 heteroatoms. The van der Waals surface area contributed by atoms with E-state index in [2.05, 4.69) is 42.4 Å². The highest BCUT2D eigenvalue weighted by Gasteiger charge is 2.64. The maximum absolute atomic E-state index is 15.9. The van der Waals surface area contributed by atoms with Gasteiger partial charge in [0.15, 0.2) is 0 Å². The average Bonchev–Trinajstić information content (AvgIpc) is 2.81. The summed E-state index contributed by atoms with van der Waals surface area (Å²) in [4.78, 5) is 20.5. The molecule has 1 aliphatic rings. The molecule has 0 heterocycles. The molecule has 2 N–H and O–H groups in total. The Kier molecular flexibility index (Phi) is 4.70. The van der Waals surface area contributed by atoms with Gasteiger partial charge in [0.2, 0.25) is 0 Å². The maximum atomic E-state index is 15.9. The number of allylic oxidation sites excluding steroid dienone is 1. The first kappa shape index (κ1) is 19.7. The van der Waals surface area contributed by atoms with E-state index in [1.807, 2.05) is 18.2 Å². The number of hydrogen-bond donors (Lipinski definition) is 2. The van der Waals surface area contributed by atoms with E-state index < -0.39 is 13.4 Å². The van der Waals surface area contributed by atoms with Gasteiger partial charge in [-0.3, -0.25) is 0 Å². The van der Waals surface area contributed by atoms with Gasteiger partial charge in [0, 0.05) is 21.0 Å². The highest BCUT2D eigenvalue weighted by atomic mass is 79.9. The van der Waals surface area contributed by atoms with Crippen molar-refractivity contribution in [3.05, 3.63) is 69.7 Å². The lowest BCUT2D eigenvalue weighted by Gasteiger charge is -2.29. The van der Waals surface area contributed by atoms with E-state index in [1.54, 1.807) is 12.1 Å². The second-order valence-electron chi connectivity index (χ2n) is 7.20. The van der Waals surface area contributed by atoms with Crippen LogP contribution in [0.1, 0.15) is 37.5 Å². The Morgan fingerprint density at radius 2 is 1.69 bits per heavy atom. The summed E-state index contributed by atoms with van der Waals surface area (Å²) in [5, 5.41) is -2.55. The molecular weight excluding hydrogens is 418 g/mol. The van der Waals surface area contributed by atoms with Crippen molar-refractivity contribution in [1.29, 1.82) is 0 Å². The van der Waals surface area contributed by atoms with Crippen LogP contribution in [0.3, 0.4) is 0 Å². The van der Waals surface area contributed by atoms with E-state index >= 15 is 4.39 Å². The zero-order valence-electron chi connectivity index (χ0n) is 15.2. The Balaban J connectivity index is 2.25. The first-order valence-corrected chi connectivity index (χ1v) is 10.6. The van der Waals surface area contributed by atoms with Crippen molar-refractivity contribution in [1.82, 2.24) is 0 Å². The number of benzene rings is 2. The molecule has 26 heavy (non-hydrogen) atoms. The van der Waals surface area contributed by atoms with Gasteiger partial charge in [-0.1, -0.05) is 54.6 Å². The molecule has 3 nitrogen and oxygen atoms in total. The zero-order valence-corrected chi connectivity index (χ0v) is 17.7. The Labute approximate surface area is 162 Å². The van der Waals surface area contributed by atoms with Crippen molar-refractivity contribution < 1.29 is 18.7 Å². The zero-order chi connectivity index (χ0) is 19.5. The normalized spacial score (nSPS) is 17.4. The molecule has 1 aliphatic carbocycles. The van der Waals surface area contributed by atoms with Crippen LogP contribution in [0.25, 0.3) is 11.1 Å². The third kappa shape index (κ3) is 2.61. The van der Waals surface area contributed by atoms with Crippen LogP contribution >= 0.6 is 23.9 Å². The van der Waals surface area contributed by atoms with E-state index in [-0.39, 0.29) is 16.6 Å². The summed E-state index contributed by atoms with van der Waals surface area (Å²) in [5.74, 6) is 0. The molecule has 0 saturated carbocycles. The number of hydrogen-bond acceptors (Lipinski definition) is 3. The van der Waals surface area contributed by atoms with Crippen LogP contribution < -0.4 is 0 Å². The molecule has 1 atom stereocenters. The predicted molar refractivity (Wildman–Crippen MR) is 108 cm³/mol. The van der Waals surface area contributed by atoms with Crippen LogP contribution in [-0.4, -0.2) is 16.9 Å². The van der Waals surface area contributed by atoms with Crippen molar-refractivity contribution in [2.75, 3.05) is 7.11 Å². The predicted octanol–water partition coefficient (Wildman–Crippen LogP) is 5.85. The Morgan fingerprint density at radius 3 is 2.23 bits per heavy atom. The topological polar surface area (TPSA) is 49.7 Å². The summed E-state index contributed by atoms with van der Waals surface area (Å²) in [6.07, 6.45) is 0. The second kappa shape index (κ2) is 6.22. The first-order valence-electron chi connectivity index (χ1n) is 8.17. The maximum Gasteiger partial charge on any atom is 0.454 e. The second-order valence-corrected chi connectivity index (χ2v) is 10.2. The van der Waals surface area contributed by atoms with Crippen LogP contribution in [0.15, 0.2) is 53.0 Å². The third-order valence-electron chi connectivity index (χ3n) is 5.24. The van der Waals surface area contributed by atoms with E-state index in [9.17, 15) is 9.79 Å². The van der Waals surface area contributed by atoms with Crippen molar-refractivity contribution in [3.63, 3.8) is 0 Å². The average molecular weight is 440 g/mol. The lowest BCUT2D eigenvalue weighted by atomic mass is 9.81. The van der Waals surface area contributed by atoms with Gasteiger partial charge in [-0.05, 0) is 47.4 Å². The SMILES string of the molecule is C=C(C)C(F)(c1ccc2c(c1)C(C)(C)c1cc(Br)ccc1-2)[P+](O)(O)OC. The molecule has 0 fully saturated rings. The smallest absolute Gasteiger partial charge is 0.190 e. The number of halogens is 2. The van der Waals surface area contributed by atoms with Crippen LogP contribution in [0.5, 0.6) is 0 Å². The minimum Gasteiger partial charge on any atom is -0.190 e. The molecule has 2 aromatic rings. The first-order chi connectivity index (χ1) is 12.0. The molecule has 0 aliphatic heterocycles. The third-order valence-corrected chi connectivity index (χ3v) is 7.69. The van der Waals surface area contributed by atoms with Gasteiger partial charge in [-0.25, -0.2) is 0 Å². The van der Waals surface area contributed by atoms with Crippen molar-refractivity contribution in [3.8, 4) is 11.1 Å². The summed E-state index contributed by atoms with van der Waals surface area (Å²) in [5.41, 5.74) is 3.97. The van der Waals surface area contributed by atoms with Crippen LogP contribution in [0.2, 0.25) is 0 Å². The largest absolute Gasteiger partial charge is 0.454 e. The number of fused-ring (bicyclic) bond motifs is 3. The van der Waals surface area contributed by atoms with E-state index in [0.717, 1.165) is 33.8 Å². The molecule has 0 amide bonds. The molecule has 3 rings (SSSR count). The fourth-order valence-corrected chi connectivity index (χ4v) is 5.29. The molecule has 138 valence electrons. The molecule has 2 aromatic carbocycles. The summed E-state index contributed by atoms with van der Waals surface area (Å²) in [6, 6.07) is 11.2. The van der Waals surface area contributed by atoms with Gasteiger partial charge >= 0.3 is 13.4 Å². The summed E-state index contributed by atoms with van der Waals surface area (Å²) in [6.45, 7) is 9.23. The highest BCUT2D eigenvalue weighted by Crippen LogP contribution is 2.71. The van der Waals surface area contributed by atoms with Gasteiger partial charge in [0.25, 0.3) is 0 Å². The van der Waals surface area contributed by atoms with E-state index in [1.165, 1.54) is 6.92 Å². The molecule has 0 bridgehead atoms. The van der Waals surface area contributed by atoms with Crippen molar-refractivity contribution >= 4 is 23.9 Å². The van der Waals surface area contributed by atoms with Gasteiger partial charge in [-0.2, -0.15) is 18.7 Å². The van der Waals surface area contributed by atoms with Gasteiger partial charge in [0.05, 0.1) is 7.11 Å². The Morgan fingerprint density at radius 1 is 1.15 bits per heavy atom. The van der Waals surface area contributed by atoms with E-state index in [0.29, 0.717) is 0 Å². The van der Waals surface area contributed by atoms with Gasteiger partial charge in [-0.15, -0.1) is 0 Å². The van der Waals surface area contributed by atoms with Crippen molar-refractivity contribution in [2.24, 2.45) is 0 Å². The van der Waals surface area contributed by atoms with E-state index in [4.69, 9.17) is 4.52 Å². The minimum absolute atomic E-state index is 0.00584. The lowest BCUT2D eigenvalue weighted by Crippen LogP contribution is -2.27. The quantitative estimate of drug-likeness (QED) is 0.464. The fraction of sp³-hybridized carbons (Fsp3) is 0.300. The molecule has 1 unspecified atom stereocenters. The van der Waals surface area contributed by atoms with Crippen molar-refractivity contribution in [2.45, 2.75) is 31.6 Å². The fourth-order valence-electron chi connectivity index (χ4n) is 3.70. The Bertz CT molecular complexity index is 910. The lowest BCUT2D eigenvalue weighted by molar-refractivity contribution is 0.184. The van der Waals surface area contributed by atoms with Crippen LogP contribution in [-0.2, 0) is 15.3 Å². The van der Waals surface area contributed by atoms with Gasteiger partial charge in [0.1, 0.15) is 0 Å². The summed E-state index contributed by atoms with van der Waals surface area (Å²) >= 11 is 3.51. The number of rotatable bonds is 4. The van der Waals surface area contributed by atoms with Crippen LogP contribution in [0.4, 0.5) is 4.39 Å². The number of alkyl halides is 1. The monoisotopic (exact) mass is 439 g/mol. The highest BCUT2D eigenvalue weighted by molar-refractivity contribution is 9.10. The minimum atomic E-state index is -4.35. The molecule has 0 aromatic heterocycles. The molecule has 0 spiro atoms. The van der Waals surface area contributed by atoms with Crippen LogP contribution in [0, 0.1) is 0 Å². The van der Waals surface area contributed by atoms with Gasteiger partial charge < -0.3 is 0 Å². The molecular formula is C20H22BrFO3P+. The summed E-state index contributed by atoms with van der Waals surface area (Å²) < 4.78 is 21.6. The molecule has 0 radical (unpaired) electrons. The summed E-state index contributed by atoms with van der Waals surface area (Å²) in [7, 11) is -3.25. The standard InChI is InChI=1S/C20H22BrFO3P/c1-12(2)20(22,26(23,24)25-5)13-6-8-15-16-9-7-14(21)11-18(16)19(3,4)17(15)10-13/h6-11,23-24H,1H2,2-5H3/q+1. The molecule has 0 saturated heterocycles.